The molecule has 0 heterocycles. The largest absolute Gasteiger partial charge is 0.276 e. The van der Waals surface area contributed by atoms with Gasteiger partial charge in [0.2, 0.25) is 0 Å². The maximum absolute atomic E-state index is 10.6. The number of nitrogens with zero attached hydrogens (tertiary/aromatic N) is 4. The topological polar surface area (TPSA) is 91.9 Å². The molecule has 0 radical (unpaired) electrons. The monoisotopic (exact) mass is 204 g/mol. The summed E-state index contributed by atoms with van der Waals surface area (Å²) in [5, 5.41) is 13.9. The van der Waals surface area contributed by atoms with E-state index in [9.17, 15) is 10.1 Å². The average molecular weight is 204 g/mol. The highest BCUT2D eigenvalue weighted by atomic mass is 16.6. The lowest BCUT2D eigenvalue weighted by Gasteiger charge is -1.95. The van der Waals surface area contributed by atoms with Gasteiger partial charge in [0.15, 0.2) is 0 Å². The Labute approximate surface area is 85.6 Å². The van der Waals surface area contributed by atoms with E-state index in [2.05, 4.69) is 10.0 Å². The summed E-state index contributed by atoms with van der Waals surface area (Å²) in [5.74, 6) is 0. The van der Waals surface area contributed by atoms with Gasteiger partial charge in [0.25, 0.3) is 5.69 Å². The van der Waals surface area contributed by atoms with Crippen LogP contribution in [0.5, 0.6) is 0 Å². The molecule has 1 aromatic carbocycles. The van der Waals surface area contributed by atoms with Crippen molar-refractivity contribution in [2.45, 2.75) is 0 Å². The van der Waals surface area contributed by atoms with Crippen LogP contribution < -0.4 is 0 Å². The van der Waals surface area contributed by atoms with E-state index >= 15 is 0 Å². The Morgan fingerprint density at radius 3 is 2.93 bits per heavy atom. The first-order valence-corrected chi connectivity index (χ1v) is 4.16. The van der Waals surface area contributed by atoms with E-state index in [0.29, 0.717) is 5.56 Å². The van der Waals surface area contributed by atoms with Gasteiger partial charge in [-0.2, -0.15) is 0 Å². The van der Waals surface area contributed by atoms with Crippen LogP contribution in [0, 0.1) is 10.1 Å². The number of hydrogen-bond donors (Lipinski definition) is 0. The molecule has 76 valence electrons. The van der Waals surface area contributed by atoms with Gasteiger partial charge in [-0.3, -0.25) is 10.1 Å². The summed E-state index contributed by atoms with van der Waals surface area (Å²) in [6.07, 6.45) is 3.13. The summed E-state index contributed by atoms with van der Waals surface area (Å²) in [5.41, 5.74) is 8.56. The van der Waals surface area contributed by atoms with Crippen molar-refractivity contribution in [1.82, 2.24) is 0 Å². The summed E-state index contributed by atoms with van der Waals surface area (Å²) < 4.78 is 0. The fourth-order valence-corrected chi connectivity index (χ4v) is 1.06. The minimum atomic E-state index is -0.451. The molecule has 0 aliphatic heterocycles. The molecule has 6 heteroatoms. The van der Waals surface area contributed by atoms with Crippen molar-refractivity contribution in [2.75, 3.05) is 6.54 Å². The van der Waals surface area contributed by atoms with Crippen LogP contribution >= 0.6 is 0 Å². The van der Waals surface area contributed by atoms with Gasteiger partial charge in [-0.15, -0.1) is 0 Å². The van der Waals surface area contributed by atoms with Crippen LogP contribution in [0.4, 0.5) is 5.69 Å². The molecular weight excluding hydrogens is 196 g/mol. The smallest absolute Gasteiger partial charge is 0.258 e. The Hall–Kier alpha value is -2.33. The van der Waals surface area contributed by atoms with Crippen molar-refractivity contribution in [3.8, 4) is 0 Å². The molecule has 0 unspecified atom stereocenters. The van der Waals surface area contributed by atoms with Crippen LogP contribution in [-0.2, 0) is 0 Å². The molecule has 15 heavy (non-hydrogen) atoms. The van der Waals surface area contributed by atoms with E-state index in [1.165, 1.54) is 6.07 Å². The highest BCUT2D eigenvalue weighted by molar-refractivity contribution is 5.60. The first-order chi connectivity index (χ1) is 7.25. The number of hydrogen-bond acceptors (Lipinski definition) is 3. The highest BCUT2D eigenvalue weighted by Gasteiger charge is 2.08. The molecule has 0 atom stereocenters. The number of benzene rings is 1. The minimum Gasteiger partial charge on any atom is -0.258 e. The summed E-state index contributed by atoms with van der Waals surface area (Å²) in [6.45, 7) is 0.183. The first kappa shape index (κ1) is 10.7. The lowest BCUT2D eigenvalue weighted by molar-refractivity contribution is -0.385. The Balaban J connectivity index is 2.88. The second-order valence-corrected chi connectivity index (χ2v) is 2.63. The van der Waals surface area contributed by atoms with E-state index in [1.54, 1.807) is 30.4 Å². The van der Waals surface area contributed by atoms with Crippen molar-refractivity contribution < 1.29 is 4.92 Å². The Morgan fingerprint density at radius 1 is 1.53 bits per heavy atom. The predicted molar refractivity (Wildman–Crippen MR) is 56.1 cm³/mol. The molecule has 0 saturated heterocycles. The Morgan fingerprint density at radius 2 is 2.27 bits per heavy atom. The number of nitro benzene ring substituents is 1. The van der Waals surface area contributed by atoms with Gasteiger partial charge in [0.1, 0.15) is 0 Å². The lowest BCUT2D eigenvalue weighted by atomic mass is 10.1. The lowest BCUT2D eigenvalue weighted by Crippen LogP contribution is -1.90. The SMILES string of the molecule is [N-]=[N+]=NC/C=C/c1ccccc1[N+](=O)[O-]. The molecule has 1 aromatic rings. The van der Waals surface area contributed by atoms with E-state index in [0.717, 1.165) is 0 Å². The Kier molecular flexibility index (Phi) is 3.88. The standard InChI is InChI=1S/C9H8N4O2/c10-12-11-7-3-5-8-4-1-2-6-9(8)13(14)15/h1-6H,7H2/b5-3+. The van der Waals surface area contributed by atoms with Crippen molar-refractivity contribution in [3.05, 3.63) is 56.5 Å². The van der Waals surface area contributed by atoms with E-state index in [1.807, 2.05) is 0 Å². The van der Waals surface area contributed by atoms with Crippen LogP contribution in [-0.4, -0.2) is 11.5 Å². The summed E-state index contributed by atoms with van der Waals surface area (Å²) in [4.78, 5) is 12.7. The van der Waals surface area contributed by atoms with Crippen LogP contribution in [0.15, 0.2) is 35.5 Å². The number of nitro groups is 1. The van der Waals surface area contributed by atoms with Crippen LogP contribution in [0.2, 0.25) is 0 Å². The van der Waals surface area contributed by atoms with Gasteiger partial charge in [-0.25, -0.2) is 0 Å². The quantitative estimate of drug-likeness (QED) is 0.248. The second kappa shape index (κ2) is 5.41. The fourth-order valence-electron chi connectivity index (χ4n) is 1.06. The van der Waals surface area contributed by atoms with Crippen LogP contribution in [0.25, 0.3) is 16.5 Å². The summed E-state index contributed by atoms with van der Waals surface area (Å²) >= 11 is 0. The maximum Gasteiger partial charge on any atom is 0.276 e. The molecule has 0 saturated carbocycles. The predicted octanol–water partition coefficient (Wildman–Crippen LogP) is 2.92. The van der Waals surface area contributed by atoms with Crippen LogP contribution in [0.1, 0.15) is 5.56 Å². The third-order valence-corrected chi connectivity index (χ3v) is 1.68. The fraction of sp³-hybridized carbons (Fsp3) is 0.111. The Bertz CT molecular complexity index is 435. The molecule has 0 aliphatic carbocycles. The number of azide groups is 1. The van der Waals surface area contributed by atoms with Gasteiger partial charge >= 0.3 is 0 Å². The minimum absolute atomic E-state index is 0.0367. The number of para-hydroxylation sites is 1. The molecule has 0 aromatic heterocycles. The van der Waals surface area contributed by atoms with Crippen LogP contribution in [0.3, 0.4) is 0 Å². The van der Waals surface area contributed by atoms with Crippen molar-refractivity contribution in [2.24, 2.45) is 5.11 Å². The molecule has 0 aliphatic rings. The molecule has 0 N–H and O–H groups in total. The van der Waals surface area contributed by atoms with Gasteiger partial charge in [-0.1, -0.05) is 29.4 Å². The normalized spacial score (nSPS) is 9.87. The third kappa shape index (κ3) is 3.13. The molecule has 6 nitrogen and oxygen atoms in total. The molecule has 0 amide bonds. The molecule has 0 fully saturated rings. The molecule has 0 spiro atoms. The zero-order valence-corrected chi connectivity index (χ0v) is 7.78. The van der Waals surface area contributed by atoms with Gasteiger partial charge in [0, 0.05) is 17.5 Å². The van der Waals surface area contributed by atoms with E-state index in [4.69, 9.17) is 5.53 Å². The zero-order chi connectivity index (χ0) is 11.1. The zero-order valence-electron chi connectivity index (χ0n) is 7.78. The van der Waals surface area contributed by atoms with Crippen molar-refractivity contribution >= 4 is 11.8 Å². The molecule has 1 rings (SSSR count). The van der Waals surface area contributed by atoms with E-state index in [-0.39, 0.29) is 12.2 Å². The summed E-state index contributed by atoms with van der Waals surface area (Å²) in [6, 6.07) is 6.36. The average Bonchev–Trinajstić information content (AvgIpc) is 2.25. The van der Waals surface area contributed by atoms with Gasteiger partial charge < -0.3 is 0 Å². The molecular formula is C9H8N4O2. The van der Waals surface area contributed by atoms with Crippen molar-refractivity contribution in [1.29, 1.82) is 0 Å². The second-order valence-electron chi connectivity index (χ2n) is 2.63. The van der Waals surface area contributed by atoms with Gasteiger partial charge in [-0.05, 0) is 11.6 Å². The van der Waals surface area contributed by atoms with Crippen molar-refractivity contribution in [3.63, 3.8) is 0 Å². The first-order valence-electron chi connectivity index (χ1n) is 4.16. The summed E-state index contributed by atoms with van der Waals surface area (Å²) in [7, 11) is 0. The highest BCUT2D eigenvalue weighted by Crippen LogP contribution is 2.18. The third-order valence-electron chi connectivity index (χ3n) is 1.68. The van der Waals surface area contributed by atoms with Gasteiger partial charge in [0.05, 0.1) is 10.5 Å². The molecule has 0 bridgehead atoms. The maximum atomic E-state index is 10.6. The number of rotatable bonds is 4. The van der Waals surface area contributed by atoms with E-state index < -0.39 is 4.92 Å².